The summed E-state index contributed by atoms with van der Waals surface area (Å²) < 4.78 is 0. The standard InChI is InChI=1S/C16H34O/c1-4-5-6-7-8-9-10-11-12-13-14-15(2)16(3)17/h15-17H,4-14H2,1-3H3/t15?,16-/m0/s1. The van der Waals surface area contributed by atoms with E-state index in [0.29, 0.717) is 5.92 Å². The van der Waals surface area contributed by atoms with Gasteiger partial charge in [0, 0.05) is 0 Å². The first kappa shape index (κ1) is 17.0. The zero-order valence-electron chi connectivity index (χ0n) is 12.4. The summed E-state index contributed by atoms with van der Waals surface area (Å²) in [6.07, 6.45) is 15.0. The van der Waals surface area contributed by atoms with Gasteiger partial charge < -0.3 is 5.11 Å². The highest BCUT2D eigenvalue weighted by molar-refractivity contribution is 4.59. The lowest BCUT2D eigenvalue weighted by atomic mass is 9.97. The summed E-state index contributed by atoms with van der Waals surface area (Å²) >= 11 is 0. The number of hydrogen-bond acceptors (Lipinski definition) is 1. The molecule has 0 aliphatic heterocycles. The summed E-state index contributed by atoms with van der Waals surface area (Å²) in [5.41, 5.74) is 0. The molecule has 0 spiro atoms. The molecule has 17 heavy (non-hydrogen) atoms. The van der Waals surface area contributed by atoms with E-state index >= 15 is 0 Å². The lowest BCUT2D eigenvalue weighted by Crippen LogP contribution is -2.12. The summed E-state index contributed by atoms with van der Waals surface area (Å²) in [5, 5.41) is 9.36. The molecule has 0 bridgehead atoms. The van der Waals surface area contributed by atoms with Gasteiger partial charge in [-0.15, -0.1) is 0 Å². The molecule has 1 heteroatoms. The average molecular weight is 242 g/mol. The zero-order chi connectivity index (χ0) is 12.9. The summed E-state index contributed by atoms with van der Waals surface area (Å²) in [5.74, 6) is 0.476. The fourth-order valence-corrected chi connectivity index (χ4v) is 2.19. The van der Waals surface area contributed by atoms with Gasteiger partial charge in [-0.2, -0.15) is 0 Å². The summed E-state index contributed by atoms with van der Waals surface area (Å²) in [4.78, 5) is 0. The summed E-state index contributed by atoms with van der Waals surface area (Å²) in [6, 6.07) is 0. The van der Waals surface area contributed by atoms with Crippen molar-refractivity contribution < 1.29 is 5.11 Å². The lowest BCUT2D eigenvalue weighted by Gasteiger charge is -2.13. The molecule has 0 aliphatic carbocycles. The molecule has 0 aromatic carbocycles. The summed E-state index contributed by atoms with van der Waals surface area (Å²) in [7, 11) is 0. The van der Waals surface area contributed by atoms with Crippen LogP contribution in [0.25, 0.3) is 0 Å². The second-order valence-corrected chi connectivity index (χ2v) is 5.69. The Bertz CT molecular complexity index is 142. The number of unbranched alkanes of at least 4 members (excludes halogenated alkanes) is 9. The van der Waals surface area contributed by atoms with E-state index in [9.17, 15) is 5.11 Å². The van der Waals surface area contributed by atoms with Gasteiger partial charge in [-0.1, -0.05) is 78.1 Å². The predicted molar refractivity (Wildman–Crippen MR) is 77.3 cm³/mol. The number of rotatable bonds is 12. The van der Waals surface area contributed by atoms with E-state index in [4.69, 9.17) is 0 Å². The van der Waals surface area contributed by atoms with E-state index < -0.39 is 0 Å². The normalized spacial score (nSPS) is 14.8. The highest BCUT2D eigenvalue weighted by Gasteiger charge is 2.07. The highest BCUT2D eigenvalue weighted by Crippen LogP contribution is 2.15. The fourth-order valence-electron chi connectivity index (χ4n) is 2.19. The van der Waals surface area contributed by atoms with Crippen LogP contribution < -0.4 is 0 Å². The maximum absolute atomic E-state index is 9.36. The molecule has 0 saturated heterocycles. The van der Waals surface area contributed by atoms with Crippen molar-refractivity contribution in [1.82, 2.24) is 0 Å². The van der Waals surface area contributed by atoms with Crippen molar-refractivity contribution in [2.24, 2.45) is 5.92 Å². The Labute approximate surface area is 109 Å². The van der Waals surface area contributed by atoms with E-state index in [1.807, 2.05) is 6.92 Å². The largest absolute Gasteiger partial charge is 0.393 e. The first-order valence-corrected chi connectivity index (χ1v) is 7.86. The van der Waals surface area contributed by atoms with Crippen LogP contribution in [0.5, 0.6) is 0 Å². The van der Waals surface area contributed by atoms with Crippen LogP contribution in [-0.2, 0) is 0 Å². The van der Waals surface area contributed by atoms with Crippen LogP contribution in [0.3, 0.4) is 0 Å². The van der Waals surface area contributed by atoms with Crippen molar-refractivity contribution in [3.8, 4) is 0 Å². The predicted octanol–water partition coefficient (Wildman–Crippen LogP) is 5.31. The molecule has 1 nitrogen and oxygen atoms in total. The molecule has 1 N–H and O–H groups in total. The molecule has 0 rings (SSSR count). The number of hydrogen-bond donors (Lipinski definition) is 1. The van der Waals surface area contributed by atoms with E-state index in [0.717, 1.165) is 0 Å². The van der Waals surface area contributed by atoms with Crippen molar-refractivity contribution in [3.63, 3.8) is 0 Å². The third-order valence-electron chi connectivity index (χ3n) is 3.84. The van der Waals surface area contributed by atoms with Gasteiger partial charge in [0.15, 0.2) is 0 Å². The Hall–Kier alpha value is -0.0400. The van der Waals surface area contributed by atoms with Crippen LogP contribution in [0.1, 0.15) is 91.4 Å². The first-order valence-electron chi connectivity index (χ1n) is 7.86. The molecule has 0 aliphatic rings. The lowest BCUT2D eigenvalue weighted by molar-refractivity contribution is 0.128. The van der Waals surface area contributed by atoms with Crippen LogP contribution in [0.4, 0.5) is 0 Å². The molecule has 0 amide bonds. The molecular weight excluding hydrogens is 208 g/mol. The molecule has 0 aromatic heterocycles. The van der Waals surface area contributed by atoms with E-state index in [2.05, 4.69) is 13.8 Å². The van der Waals surface area contributed by atoms with Crippen LogP contribution in [-0.4, -0.2) is 11.2 Å². The third-order valence-corrected chi connectivity index (χ3v) is 3.84. The first-order chi connectivity index (χ1) is 8.18. The van der Waals surface area contributed by atoms with Crippen molar-refractivity contribution >= 4 is 0 Å². The van der Waals surface area contributed by atoms with Gasteiger partial charge in [0.1, 0.15) is 0 Å². The van der Waals surface area contributed by atoms with Crippen LogP contribution in [0.15, 0.2) is 0 Å². The Morgan fingerprint density at radius 3 is 1.53 bits per heavy atom. The maximum atomic E-state index is 9.36. The molecule has 0 aromatic rings. The van der Waals surface area contributed by atoms with Gasteiger partial charge in [0.05, 0.1) is 6.10 Å². The van der Waals surface area contributed by atoms with Crippen molar-refractivity contribution in [2.45, 2.75) is 97.5 Å². The van der Waals surface area contributed by atoms with Crippen LogP contribution in [0.2, 0.25) is 0 Å². The zero-order valence-corrected chi connectivity index (χ0v) is 12.4. The molecule has 0 radical (unpaired) electrons. The molecule has 104 valence electrons. The molecule has 0 fully saturated rings. The molecule has 0 heterocycles. The highest BCUT2D eigenvalue weighted by atomic mass is 16.3. The minimum Gasteiger partial charge on any atom is -0.393 e. The SMILES string of the molecule is CCCCCCCCCCCCC(C)[C@H](C)O. The third kappa shape index (κ3) is 12.2. The Morgan fingerprint density at radius 2 is 1.12 bits per heavy atom. The van der Waals surface area contributed by atoms with E-state index in [-0.39, 0.29) is 6.10 Å². The fraction of sp³-hybridized carbons (Fsp3) is 1.00. The molecular formula is C16H34O. The Kier molecular flexibility index (Phi) is 12.4. The number of aliphatic hydroxyl groups is 1. The van der Waals surface area contributed by atoms with Gasteiger partial charge in [0.2, 0.25) is 0 Å². The van der Waals surface area contributed by atoms with E-state index in [1.165, 1.54) is 70.6 Å². The smallest absolute Gasteiger partial charge is 0.0537 e. The van der Waals surface area contributed by atoms with Crippen LogP contribution in [0, 0.1) is 5.92 Å². The second kappa shape index (κ2) is 12.4. The average Bonchev–Trinajstić information content (AvgIpc) is 2.31. The molecule has 1 unspecified atom stereocenters. The maximum Gasteiger partial charge on any atom is 0.0537 e. The van der Waals surface area contributed by atoms with Gasteiger partial charge in [-0.25, -0.2) is 0 Å². The number of aliphatic hydroxyl groups excluding tert-OH is 1. The quantitative estimate of drug-likeness (QED) is 0.460. The Balaban J connectivity index is 3.03. The summed E-state index contributed by atoms with van der Waals surface area (Å²) in [6.45, 7) is 6.33. The monoisotopic (exact) mass is 242 g/mol. The van der Waals surface area contributed by atoms with E-state index in [1.54, 1.807) is 0 Å². The molecule has 0 saturated carbocycles. The topological polar surface area (TPSA) is 20.2 Å². The van der Waals surface area contributed by atoms with Crippen molar-refractivity contribution in [2.75, 3.05) is 0 Å². The van der Waals surface area contributed by atoms with Crippen LogP contribution >= 0.6 is 0 Å². The van der Waals surface area contributed by atoms with Crippen molar-refractivity contribution in [3.05, 3.63) is 0 Å². The van der Waals surface area contributed by atoms with Gasteiger partial charge in [0.25, 0.3) is 0 Å². The Morgan fingerprint density at radius 1 is 0.706 bits per heavy atom. The second-order valence-electron chi connectivity index (χ2n) is 5.69. The van der Waals surface area contributed by atoms with Gasteiger partial charge in [-0.05, 0) is 19.3 Å². The van der Waals surface area contributed by atoms with Crippen molar-refractivity contribution in [1.29, 1.82) is 0 Å². The molecule has 2 atom stereocenters. The minimum atomic E-state index is -0.131. The van der Waals surface area contributed by atoms with Gasteiger partial charge in [-0.3, -0.25) is 0 Å². The minimum absolute atomic E-state index is 0.131. The van der Waals surface area contributed by atoms with Gasteiger partial charge >= 0.3 is 0 Å².